The molecule has 2 rings (SSSR count). The van der Waals surface area contributed by atoms with Gasteiger partial charge in [-0.15, -0.1) is 11.8 Å². The van der Waals surface area contributed by atoms with E-state index in [1.165, 1.54) is 18.9 Å². The molecule has 1 amide bonds. The maximum Gasteiger partial charge on any atom is 0.328 e. The van der Waals surface area contributed by atoms with E-state index in [0.717, 1.165) is 5.56 Å². The molecule has 22 heavy (non-hydrogen) atoms. The maximum atomic E-state index is 12.3. The summed E-state index contributed by atoms with van der Waals surface area (Å²) in [5.74, 6) is 0.275. The zero-order valence-corrected chi connectivity index (χ0v) is 14.5. The second kappa shape index (κ2) is 7.38. The lowest BCUT2D eigenvalue weighted by atomic mass is 10.0. The van der Waals surface area contributed by atoms with Crippen molar-refractivity contribution < 1.29 is 14.3 Å². The van der Waals surface area contributed by atoms with Gasteiger partial charge in [-0.2, -0.15) is 0 Å². The summed E-state index contributed by atoms with van der Waals surface area (Å²) in [5.41, 5.74) is 0.970. The molecular formula is C16H20ClNO3S. The van der Waals surface area contributed by atoms with Crippen LogP contribution in [-0.2, 0) is 14.3 Å². The molecule has 120 valence electrons. The molecule has 1 aromatic rings. The van der Waals surface area contributed by atoms with E-state index in [0.29, 0.717) is 17.2 Å². The van der Waals surface area contributed by atoms with Crippen molar-refractivity contribution in [2.75, 3.05) is 12.9 Å². The lowest BCUT2D eigenvalue weighted by Crippen LogP contribution is -2.44. The molecule has 0 N–H and O–H groups in total. The van der Waals surface area contributed by atoms with E-state index >= 15 is 0 Å². The van der Waals surface area contributed by atoms with Gasteiger partial charge in [-0.3, -0.25) is 4.79 Å². The van der Waals surface area contributed by atoms with E-state index < -0.39 is 6.04 Å². The first-order chi connectivity index (χ1) is 10.4. The highest BCUT2D eigenvalue weighted by molar-refractivity contribution is 8.00. The summed E-state index contributed by atoms with van der Waals surface area (Å²) in [6.07, 6.45) is 0.586. The van der Waals surface area contributed by atoms with E-state index in [2.05, 4.69) is 0 Å². The van der Waals surface area contributed by atoms with Crippen molar-refractivity contribution in [2.24, 2.45) is 5.92 Å². The molecule has 1 aromatic carbocycles. The minimum atomic E-state index is -0.548. The molecular weight excluding hydrogens is 322 g/mol. The van der Waals surface area contributed by atoms with Gasteiger partial charge in [0.15, 0.2) is 0 Å². The Morgan fingerprint density at radius 2 is 2.05 bits per heavy atom. The van der Waals surface area contributed by atoms with Crippen LogP contribution in [0.1, 0.15) is 31.2 Å². The Kier molecular flexibility index (Phi) is 5.75. The Balaban J connectivity index is 2.32. The number of carbonyl (C=O) groups is 2. The fraction of sp³-hybridized carbons (Fsp3) is 0.500. The van der Waals surface area contributed by atoms with Crippen molar-refractivity contribution in [1.29, 1.82) is 0 Å². The van der Waals surface area contributed by atoms with Crippen molar-refractivity contribution in [3.8, 4) is 0 Å². The number of benzene rings is 1. The van der Waals surface area contributed by atoms with Crippen LogP contribution in [0.3, 0.4) is 0 Å². The molecule has 1 aliphatic heterocycles. The number of thioether (sulfide) groups is 1. The zero-order valence-electron chi connectivity index (χ0n) is 12.9. The molecule has 0 bridgehead atoms. The van der Waals surface area contributed by atoms with E-state index in [-0.39, 0.29) is 23.2 Å². The van der Waals surface area contributed by atoms with Crippen molar-refractivity contribution in [3.05, 3.63) is 34.9 Å². The largest absolute Gasteiger partial charge is 0.467 e. The van der Waals surface area contributed by atoms with E-state index in [4.69, 9.17) is 16.3 Å². The lowest BCUT2D eigenvalue weighted by molar-refractivity contribution is -0.152. The summed E-state index contributed by atoms with van der Waals surface area (Å²) in [6.45, 7) is 4.06. The minimum Gasteiger partial charge on any atom is -0.467 e. The summed E-state index contributed by atoms with van der Waals surface area (Å²) in [5, 5.41) is 0.476. The van der Waals surface area contributed by atoms with Gasteiger partial charge in [0.05, 0.1) is 12.9 Å². The molecule has 2 unspecified atom stereocenters. The molecule has 0 radical (unpaired) electrons. The predicted molar refractivity (Wildman–Crippen MR) is 88.8 cm³/mol. The molecule has 1 aliphatic rings. The molecule has 0 spiro atoms. The monoisotopic (exact) mass is 341 g/mol. The Morgan fingerprint density at radius 3 is 2.59 bits per heavy atom. The average Bonchev–Trinajstić information content (AvgIpc) is 2.86. The van der Waals surface area contributed by atoms with Gasteiger partial charge in [0.2, 0.25) is 5.91 Å². The molecule has 4 nitrogen and oxygen atoms in total. The van der Waals surface area contributed by atoms with Gasteiger partial charge in [0.1, 0.15) is 11.4 Å². The highest BCUT2D eigenvalue weighted by atomic mass is 35.5. The summed E-state index contributed by atoms with van der Waals surface area (Å²) in [4.78, 5) is 26.2. The number of amides is 1. The Hall–Kier alpha value is -1.20. The normalized spacial score (nSPS) is 19.6. The molecule has 2 atom stereocenters. The predicted octanol–water partition coefficient (Wildman–Crippen LogP) is 3.50. The number of halogens is 1. The van der Waals surface area contributed by atoms with E-state index in [1.54, 1.807) is 17.0 Å². The number of hydrogen-bond donors (Lipinski definition) is 0. The van der Waals surface area contributed by atoms with E-state index in [9.17, 15) is 9.59 Å². The molecule has 1 saturated heterocycles. The van der Waals surface area contributed by atoms with Gasteiger partial charge in [-0.05, 0) is 30.0 Å². The molecule has 0 aliphatic carbocycles. The smallest absolute Gasteiger partial charge is 0.328 e. The first kappa shape index (κ1) is 17.2. The number of rotatable bonds is 5. The third-order valence-corrected chi connectivity index (χ3v) is 5.04. The highest BCUT2D eigenvalue weighted by Crippen LogP contribution is 2.41. The summed E-state index contributed by atoms with van der Waals surface area (Å²) >= 11 is 7.45. The van der Waals surface area contributed by atoms with Gasteiger partial charge in [-0.25, -0.2) is 4.79 Å². The van der Waals surface area contributed by atoms with Gasteiger partial charge in [-0.1, -0.05) is 37.6 Å². The fourth-order valence-electron chi connectivity index (χ4n) is 2.56. The first-order valence-electron chi connectivity index (χ1n) is 7.20. The van der Waals surface area contributed by atoms with Crippen LogP contribution in [0.2, 0.25) is 5.02 Å². The van der Waals surface area contributed by atoms with Crippen LogP contribution >= 0.6 is 23.4 Å². The highest BCUT2D eigenvalue weighted by Gasteiger charge is 2.41. The number of carbonyl (C=O) groups excluding carboxylic acids is 2. The van der Waals surface area contributed by atoms with Crippen LogP contribution in [-0.4, -0.2) is 35.7 Å². The second-order valence-electron chi connectivity index (χ2n) is 5.68. The maximum absolute atomic E-state index is 12.3. The topological polar surface area (TPSA) is 46.6 Å². The number of ether oxygens (including phenoxy) is 1. The van der Waals surface area contributed by atoms with Crippen molar-refractivity contribution in [3.63, 3.8) is 0 Å². The van der Waals surface area contributed by atoms with Crippen LogP contribution in [0.4, 0.5) is 0 Å². The Morgan fingerprint density at radius 1 is 1.41 bits per heavy atom. The minimum absolute atomic E-state index is 0.0269. The van der Waals surface area contributed by atoms with E-state index in [1.807, 2.05) is 26.0 Å². The molecule has 1 fully saturated rings. The summed E-state index contributed by atoms with van der Waals surface area (Å²) in [6, 6.07) is 6.85. The van der Waals surface area contributed by atoms with Crippen molar-refractivity contribution >= 4 is 35.2 Å². The standard InChI is InChI=1S/C16H20ClNO3S/c1-10(2)8-13(16(20)21-3)18-14(19)9-22-15(18)11-4-6-12(17)7-5-11/h4-7,10,13,15H,8-9H2,1-3H3. The zero-order chi connectivity index (χ0) is 16.3. The van der Waals surface area contributed by atoms with Gasteiger partial charge in [0.25, 0.3) is 0 Å². The van der Waals surface area contributed by atoms with Crippen LogP contribution in [0.5, 0.6) is 0 Å². The second-order valence-corrected chi connectivity index (χ2v) is 7.19. The summed E-state index contributed by atoms with van der Waals surface area (Å²) < 4.78 is 4.91. The average molecular weight is 342 g/mol. The molecule has 0 aromatic heterocycles. The Bertz CT molecular complexity index is 547. The lowest BCUT2D eigenvalue weighted by Gasteiger charge is -2.32. The Labute approximate surface area is 140 Å². The molecule has 1 heterocycles. The third-order valence-electron chi connectivity index (χ3n) is 3.56. The van der Waals surface area contributed by atoms with Crippen molar-refractivity contribution in [2.45, 2.75) is 31.7 Å². The SMILES string of the molecule is COC(=O)C(CC(C)C)N1C(=O)CSC1c1ccc(Cl)cc1. The number of hydrogen-bond acceptors (Lipinski definition) is 4. The third kappa shape index (κ3) is 3.76. The summed E-state index contributed by atoms with van der Waals surface area (Å²) in [7, 11) is 1.36. The van der Waals surface area contributed by atoms with Crippen LogP contribution in [0, 0.1) is 5.92 Å². The first-order valence-corrected chi connectivity index (χ1v) is 8.62. The molecule has 0 saturated carbocycles. The number of methoxy groups -OCH3 is 1. The van der Waals surface area contributed by atoms with Crippen LogP contribution < -0.4 is 0 Å². The fourth-order valence-corrected chi connectivity index (χ4v) is 3.91. The van der Waals surface area contributed by atoms with Gasteiger partial charge < -0.3 is 9.64 Å². The quantitative estimate of drug-likeness (QED) is 0.769. The molecule has 6 heteroatoms. The number of esters is 1. The van der Waals surface area contributed by atoms with Crippen LogP contribution in [0.15, 0.2) is 24.3 Å². The van der Waals surface area contributed by atoms with Crippen LogP contribution in [0.25, 0.3) is 0 Å². The van der Waals surface area contributed by atoms with Crippen molar-refractivity contribution in [1.82, 2.24) is 4.90 Å². The van der Waals surface area contributed by atoms with Gasteiger partial charge in [0, 0.05) is 5.02 Å². The number of nitrogens with zero attached hydrogens (tertiary/aromatic N) is 1. The van der Waals surface area contributed by atoms with Gasteiger partial charge >= 0.3 is 5.97 Å².